The molecule has 4 nitrogen and oxygen atoms in total. The van der Waals surface area contributed by atoms with Crippen molar-refractivity contribution in [3.8, 4) is 0 Å². The van der Waals surface area contributed by atoms with E-state index in [9.17, 15) is 4.79 Å². The molecule has 0 aliphatic carbocycles. The summed E-state index contributed by atoms with van der Waals surface area (Å²) in [6.07, 6.45) is 5.83. The monoisotopic (exact) mass is 314 g/mol. The maximum Gasteiger partial charge on any atom is 0.410 e. The van der Waals surface area contributed by atoms with Crippen molar-refractivity contribution in [1.82, 2.24) is 10.2 Å². The maximum absolute atomic E-state index is 12.1. The Balaban J connectivity index is 1.72. The lowest BCUT2D eigenvalue weighted by molar-refractivity contribution is 0.0256. The number of carbonyl (C=O) groups is 1. The van der Waals surface area contributed by atoms with E-state index in [1.165, 1.54) is 18.6 Å². The Bertz CT molecular complexity index is 338. The molecule has 2 aliphatic heterocycles. The number of nitrogens with zero attached hydrogens (tertiary/aromatic N) is 1. The number of ether oxygens (including phenoxy) is 1. The summed E-state index contributed by atoms with van der Waals surface area (Å²) < 4.78 is 5.47. The van der Waals surface area contributed by atoms with Gasteiger partial charge in [-0.25, -0.2) is 4.79 Å². The van der Waals surface area contributed by atoms with Gasteiger partial charge in [0.2, 0.25) is 0 Å². The quantitative estimate of drug-likeness (QED) is 0.868. The summed E-state index contributed by atoms with van der Waals surface area (Å²) in [5, 5.41) is 4.51. The smallest absolute Gasteiger partial charge is 0.410 e. The average molecular weight is 314 g/mol. The van der Waals surface area contributed by atoms with Crippen LogP contribution in [0.2, 0.25) is 0 Å². The molecule has 1 amide bonds. The molecule has 2 saturated heterocycles. The van der Waals surface area contributed by atoms with Crippen molar-refractivity contribution in [3.05, 3.63) is 0 Å². The van der Waals surface area contributed by atoms with Crippen molar-refractivity contribution in [2.75, 3.05) is 25.4 Å². The molecule has 2 fully saturated rings. The lowest BCUT2D eigenvalue weighted by atomic mass is 10.1. The second kappa shape index (κ2) is 7.73. The number of hydrogen-bond donors (Lipinski definition) is 1. The molecule has 2 rings (SSSR count). The Labute approximate surface area is 133 Å². The fourth-order valence-corrected chi connectivity index (χ4v) is 4.13. The van der Waals surface area contributed by atoms with Crippen LogP contribution in [0, 0.1) is 0 Å². The van der Waals surface area contributed by atoms with E-state index in [0.29, 0.717) is 6.04 Å². The van der Waals surface area contributed by atoms with Crippen LogP contribution < -0.4 is 5.32 Å². The highest BCUT2D eigenvalue weighted by Crippen LogP contribution is 2.25. The van der Waals surface area contributed by atoms with Gasteiger partial charge in [0.15, 0.2) is 0 Å². The Morgan fingerprint density at radius 3 is 2.71 bits per heavy atom. The third kappa shape index (κ3) is 6.07. The fraction of sp³-hybridized carbons (Fsp3) is 0.938. The Morgan fingerprint density at radius 2 is 2.05 bits per heavy atom. The van der Waals surface area contributed by atoms with Gasteiger partial charge in [-0.2, -0.15) is 11.8 Å². The number of nitrogens with one attached hydrogen (secondary N) is 1. The summed E-state index contributed by atoms with van der Waals surface area (Å²) in [7, 11) is 0. The molecule has 2 heterocycles. The number of rotatable bonds is 3. The zero-order chi connectivity index (χ0) is 15.3. The highest BCUT2D eigenvalue weighted by atomic mass is 32.2. The number of likely N-dealkylation sites (tertiary alicyclic amines) is 1. The van der Waals surface area contributed by atoms with Crippen molar-refractivity contribution in [1.29, 1.82) is 0 Å². The topological polar surface area (TPSA) is 41.6 Å². The second-order valence-corrected chi connectivity index (χ2v) is 8.55. The van der Waals surface area contributed by atoms with Crippen LogP contribution in [0.1, 0.15) is 52.9 Å². The second-order valence-electron chi connectivity index (χ2n) is 7.14. The molecule has 0 spiro atoms. The van der Waals surface area contributed by atoms with Gasteiger partial charge in [0.25, 0.3) is 0 Å². The first-order valence-corrected chi connectivity index (χ1v) is 9.32. The van der Waals surface area contributed by atoms with Crippen molar-refractivity contribution in [2.24, 2.45) is 0 Å². The third-order valence-corrected chi connectivity index (χ3v) is 5.44. The molecule has 2 unspecified atom stereocenters. The van der Waals surface area contributed by atoms with Gasteiger partial charge in [0.1, 0.15) is 5.60 Å². The number of amides is 1. The van der Waals surface area contributed by atoms with E-state index < -0.39 is 5.60 Å². The molecule has 122 valence electrons. The SMILES string of the molecule is CC(C)(C)OC(=O)N1CCCC(NCC2CCCS2)CC1. The van der Waals surface area contributed by atoms with E-state index in [1.54, 1.807) is 0 Å². The standard InChI is InChI=1S/C16H30N2O2S/c1-16(2,3)20-15(19)18-9-4-6-13(8-10-18)17-12-14-7-5-11-21-14/h13-14,17H,4-12H2,1-3H3. The van der Waals surface area contributed by atoms with Gasteiger partial charge in [0.05, 0.1) is 0 Å². The van der Waals surface area contributed by atoms with Crippen molar-refractivity contribution >= 4 is 17.9 Å². The van der Waals surface area contributed by atoms with E-state index in [0.717, 1.165) is 44.1 Å². The average Bonchev–Trinajstić information content (AvgIpc) is 2.78. The van der Waals surface area contributed by atoms with Crippen LogP contribution in [-0.4, -0.2) is 53.3 Å². The molecule has 0 bridgehead atoms. The summed E-state index contributed by atoms with van der Waals surface area (Å²) in [6, 6.07) is 0.554. The molecule has 0 aromatic carbocycles. The van der Waals surface area contributed by atoms with Gasteiger partial charge in [-0.05, 0) is 58.6 Å². The maximum atomic E-state index is 12.1. The first-order chi connectivity index (χ1) is 9.94. The fourth-order valence-electron chi connectivity index (χ4n) is 2.91. The molecule has 1 N–H and O–H groups in total. The van der Waals surface area contributed by atoms with E-state index in [4.69, 9.17) is 4.74 Å². The zero-order valence-corrected chi connectivity index (χ0v) is 14.5. The molecular weight excluding hydrogens is 284 g/mol. The molecular formula is C16H30N2O2S. The van der Waals surface area contributed by atoms with E-state index in [1.807, 2.05) is 25.7 Å². The highest BCUT2D eigenvalue weighted by molar-refractivity contribution is 8.00. The predicted molar refractivity (Wildman–Crippen MR) is 88.9 cm³/mol. The van der Waals surface area contributed by atoms with Gasteiger partial charge >= 0.3 is 6.09 Å². The summed E-state index contributed by atoms with van der Waals surface area (Å²) in [4.78, 5) is 14.0. The molecule has 21 heavy (non-hydrogen) atoms. The Hall–Kier alpha value is -0.420. The molecule has 2 atom stereocenters. The first-order valence-electron chi connectivity index (χ1n) is 8.27. The highest BCUT2D eigenvalue weighted by Gasteiger charge is 2.25. The summed E-state index contributed by atoms with van der Waals surface area (Å²) >= 11 is 2.10. The molecule has 5 heteroatoms. The molecule has 0 saturated carbocycles. The summed E-state index contributed by atoms with van der Waals surface area (Å²) in [6.45, 7) is 8.53. The minimum Gasteiger partial charge on any atom is -0.444 e. The lowest BCUT2D eigenvalue weighted by Crippen LogP contribution is -2.38. The van der Waals surface area contributed by atoms with Crippen LogP contribution in [0.25, 0.3) is 0 Å². The van der Waals surface area contributed by atoms with Crippen LogP contribution in [0.3, 0.4) is 0 Å². The summed E-state index contributed by atoms with van der Waals surface area (Å²) in [5.41, 5.74) is -0.402. The third-order valence-electron chi connectivity index (χ3n) is 4.04. The largest absolute Gasteiger partial charge is 0.444 e. The van der Waals surface area contributed by atoms with Gasteiger partial charge in [-0.1, -0.05) is 0 Å². The minimum absolute atomic E-state index is 0.158. The van der Waals surface area contributed by atoms with Crippen molar-refractivity contribution in [2.45, 2.75) is 69.8 Å². The van der Waals surface area contributed by atoms with Gasteiger partial charge in [0, 0.05) is 30.9 Å². The molecule has 0 radical (unpaired) electrons. The molecule has 2 aliphatic rings. The minimum atomic E-state index is -0.402. The van der Waals surface area contributed by atoms with E-state index >= 15 is 0 Å². The Morgan fingerprint density at radius 1 is 1.24 bits per heavy atom. The number of carbonyl (C=O) groups excluding carboxylic acids is 1. The van der Waals surface area contributed by atoms with Gasteiger partial charge in [-0.3, -0.25) is 0 Å². The van der Waals surface area contributed by atoms with Crippen LogP contribution >= 0.6 is 11.8 Å². The summed E-state index contributed by atoms with van der Waals surface area (Å²) in [5.74, 6) is 1.32. The van der Waals surface area contributed by atoms with Crippen molar-refractivity contribution in [3.63, 3.8) is 0 Å². The van der Waals surface area contributed by atoms with E-state index in [-0.39, 0.29) is 6.09 Å². The lowest BCUT2D eigenvalue weighted by Gasteiger charge is -2.26. The first kappa shape index (κ1) is 16.9. The van der Waals surface area contributed by atoms with Crippen LogP contribution in [0.5, 0.6) is 0 Å². The number of thioether (sulfide) groups is 1. The van der Waals surface area contributed by atoms with Crippen molar-refractivity contribution < 1.29 is 9.53 Å². The molecule has 0 aromatic heterocycles. The van der Waals surface area contributed by atoms with E-state index in [2.05, 4.69) is 17.1 Å². The van der Waals surface area contributed by atoms with Crippen LogP contribution in [0.15, 0.2) is 0 Å². The normalized spacial score (nSPS) is 27.5. The zero-order valence-electron chi connectivity index (χ0n) is 13.7. The van der Waals surface area contributed by atoms with Gasteiger partial charge in [-0.15, -0.1) is 0 Å². The predicted octanol–water partition coefficient (Wildman–Crippen LogP) is 3.26. The van der Waals surface area contributed by atoms with Gasteiger partial charge < -0.3 is 15.0 Å². The van der Waals surface area contributed by atoms with Crippen LogP contribution in [0.4, 0.5) is 4.79 Å². The molecule has 0 aromatic rings. The number of hydrogen-bond acceptors (Lipinski definition) is 4. The van der Waals surface area contributed by atoms with Crippen LogP contribution in [-0.2, 0) is 4.74 Å². The Kier molecular flexibility index (Phi) is 6.23.